The summed E-state index contributed by atoms with van der Waals surface area (Å²) in [5, 5.41) is 8.67. The molecule has 2 unspecified atom stereocenters. The molecule has 1 N–H and O–H groups in total. The molecule has 1 saturated carbocycles. The van der Waals surface area contributed by atoms with Crippen LogP contribution in [0, 0.1) is 11.8 Å². The molecule has 1 rings (SSSR count). The van der Waals surface area contributed by atoms with Crippen molar-refractivity contribution in [2.45, 2.75) is 83.3 Å². The number of carboxylic acids is 1. The first-order chi connectivity index (χ1) is 13.5. The second-order valence-corrected chi connectivity index (χ2v) is 7.63. The zero-order valence-corrected chi connectivity index (χ0v) is 17.8. The average molecular weight is 395 g/mol. The first kappa shape index (κ1) is 24.6. The third kappa shape index (κ3) is 9.16. The molecule has 1 aliphatic carbocycles. The van der Waals surface area contributed by atoms with E-state index in [2.05, 4.69) is 19.1 Å². The van der Waals surface area contributed by atoms with Crippen LogP contribution in [0.25, 0.3) is 0 Å². The van der Waals surface area contributed by atoms with Crippen molar-refractivity contribution < 1.29 is 24.2 Å². The Hall–Kier alpha value is -1.46. The fraction of sp³-hybridized carbons (Fsp3) is 0.739. The van der Waals surface area contributed by atoms with E-state index < -0.39 is 5.97 Å². The van der Waals surface area contributed by atoms with Gasteiger partial charge in [0.15, 0.2) is 0 Å². The van der Waals surface area contributed by atoms with Gasteiger partial charge in [0.25, 0.3) is 0 Å². The van der Waals surface area contributed by atoms with Gasteiger partial charge < -0.3 is 14.6 Å². The number of hydrogen-bond acceptors (Lipinski definition) is 4. The average Bonchev–Trinajstić information content (AvgIpc) is 2.98. The fourth-order valence-corrected chi connectivity index (χ4v) is 3.80. The largest absolute Gasteiger partial charge is 0.481 e. The molecule has 0 aromatic heterocycles. The van der Waals surface area contributed by atoms with Crippen molar-refractivity contribution in [2.75, 3.05) is 14.2 Å². The molecule has 4 atom stereocenters. The summed E-state index contributed by atoms with van der Waals surface area (Å²) in [5.41, 5.74) is 0. The van der Waals surface area contributed by atoms with Gasteiger partial charge in [-0.1, -0.05) is 56.9 Å². The highest BCUT2D eigenvalue weighted by atomic mass is 16.5. The molecule has 5 nitrogen and oxygen atoms in total. The second kappa shape index (κ2) is 14.5. The number of carboxylic acid groups (broad SMARTS) is 1. The maximum Gasteiger partial charge on any atom is 0.303 e. The summed E-state index contributed by atoms with van der Waals surface area (Å²) >= 11 is 0. The van der Waals surface area contributed by atoms with E-state index in [9.17, 15) is 9.59 Å². The molecule has 1 fully saturated rings. The molecule has 0 heterocycles. The van der Waals surface area contributed by atoms with Crippen LogP contribution >= 0.6 is 0 Å². The normalized spacial score (nSPS) is 23.8. The van der Waals surface area contributed by atoms with Crippen LogP contribution in [0.15, 0.2) is 24.3 Å². The summed E-state index contributed by atoms with van der Waals surface area (Å²) in [5.74, 6) is -0.535. The van der Waals surface area contributed by atoms with Crippen LogP contribution in [-0.4, -0.2) is 43.3 Å². The highest BCUT2D eigenvalue weighted by molar-refractivity contribution is 5.84. The minimum atomic E-state index is -0.769. The number of rotatable bonds is 15. The van der Waals surface area contributed by atoms with Gasteiger partial charge in [0, 0.05) is 38.9 Å². The summed E-state index contributed by atoms with van der Waals surface area (Å²) < 4.78 is 11.2. The third-order valence-electron chi connectivity index (χ3n) is 5.52. The van der Waals surface area contributed by atoms with Gasteiger partial charge >= 0.3 is 5.97 Å². The lowest BCUT2D eigenvalue weighted by Crippen LogP contribution is -2.20. The number of ether oxygens (including phenoxy) is 2. The van der Waals surface area contributed by atoms with Gasteiger partial charge in [-0.15, -0.1) is 0 Å². The molecule has 0 spiro atoms. The molecule has 0 saturated heterocycles. The Kier molecular flexibility index (Phi) is 12.8. The van der Waals surface area contributed by atoms with Gasteiger partial charge in [0.1, 0.15) is 5.78 Å². The highest BCUT2D eigenvalue weighted by Crippen LogP contribution is 2.35. The lowest BCUT2D eigenvalue weighted by atomic mass is 9.90. The molecular weight excluding hydrogens is 356 g/mol. The van der Waals surface area contributed by atoms with Crippen molar-refractivity contribution in [3.63, 3.8) is 0 Å². The number of carbonyl (C=O) groups excluding carboxylic acids is 1. The van der Waals surface area contributed by atoms with Crippen molar-refractivity contribution >= 4 is 11.8 Å². The molecule has 0 amide bonds. The molecule has 160 valence electrons. The Bertz CT molecular complexity index is 511. The van der Waals surface area contributed by atoms with Crippen LogP contribution in [0.3, 0.4) is 0 Å². The fourth-order valence-electron chi connectivity index (χ4n) is 3.80. The summed E-state index contributed by atoms with van der Waals surface area (Å²) in [6, 6.07) is 0. The Balaban J connectivity index is 2.60. The number of ketones is 1. The van der Waals surface area contributed by atoms with E-state index in [0.717, 1.165) is 19.3 Å². The molecule has 28 heavy (non-hydrogen) atoms. The van der Waals surface area contributed by atoms with Crippen LogP contribution in [0.1, 0.15) is 71.1 Å². The van der Waals surface area contributed by atoms with Gasteiger partial charge in [-0.05, 0) is 25.7 Å². The van der Waals surface area contributed by atoms with E-state index in [4.69, 9.17) is 14.6 Å². The number of methoxy groups -OCH3 is 2. The number of allylic oxidation sites excluding steroid dienone is 2. The lowest BCUT2D eigenvalue weighted by molar-refractivity contribution is -0.137. The Labute approximate surface area is 170 Å². The Morgan fingerprint density at radius 1 is 1.21 bits per heavy atom. The van der Waals surface area contributed by atoms with E-state index in [-0.39, 0.29) is 36.2 Å². The smallest absolute Gasteiger partial charge is 0.303 e. The minimum Gasteiger partial charge on any atom is -0.481 e. The quantitative estimate of drug-likeness (QED) is 0.314. The standard InChI is InChI=1S/C23H38O5/c1-4-5-6-9-12-18(27-2)15-16-20-19(21(24)17-22(20)28-3)13-10-7-8-11-14-23(25)26/h7,10,15-16,18-20,22H,4-6,8-9,11-14,17H2,1-3H3,(H,25,26)/t18?,19-,20-,22?/m1/s1. The van der Waals surface area contributed by atoms with E-state index in [1.54, 1.807) is 14.2 Å². The predicted molar refractivity (Wildman–Crippen MR) is 111 cm³/mol. The molecule has 1 aliphatic rings. The summed E-state index contributed by atoms with van der Waals surface area (Å²) in [7, 11) is 3.40. The van der Waals surface area contributed by atoms with Gasteiger partial charge in [-0.25, -0.2) is 0 Å². The zero-order valence-electron chi connectivity index (χ0n) is 17.8. The summed E-state index contributed by atoms with van der Waals surface area (Å²) in [6.45, 7) is 2.20. The first-order valence-electron chi connectivity index (χ1n) is 10.7. The molecule has 0 radical (unpaired) electrons. The van der Waals surface area contributed by atoms with Crippen molar-refractivity contribution in [3.8, 4) is 0 Å². The molecular formula is C23H38O5. The predicted octanol–water partition coefficient (Wildman–Crippen LogP) is 4.95. The molecule has 0 bridgehead atoms. The highest BCUT2D eigenvalue weighted by Gasteiger charge is 2.40. The SMILES string of the molecule is CCCCCCC(C=C[C@H]1C(OC)CC(=O)[C@@H]1CC=CCCCC(=O)O)OC. The number of hydrogen-bond donors (Lipinski definition) is 1. The van der Waals surface area contributed by atoms with Crippen LogP contribution in [-0.2, 0) is 19.1 Å². The Morgan fingerprint density at radius 2 is 2.00 bits per heavy atom. The van der Waals surface area contributed by atoms with E-state index >= 15 is 0 Å². The second-order valence-electron chi connectivity index (χ2n) is 7.63. The van der Waals surface area contributed by atoms with Crippen LogP contribution < -0.4 is 0 Å². The van der Waals surface area contributed by atoms with E-state index in [1.807, 2.05) is 12.2 Å². The van der Waals surface area contributed by atoms with Gasteiger partial charge in [0.05, 0.1) is 12.2 Å². The van der Waals surface area contributed by atoms with Gasteiger partial charge in [-0.3, -0.25) is 9.59 Å². The number of carbonyl (C=O) groups is 2. The van der Waals surface area contributed by atoms with Crippen LogP contribution in [0.2, 0.25) is 0 Å². The molecule has 0 aromatic rings. The third-order valence-corrected chi connectivity index (χ3v) is 5.52. The molecule has 0 aromatic carbocycles. The maximum atomic E-state index is 12.5. The Morgan fingerprint density at radius 3 is 2.64 bits per heavy atom. The van der Waals surface area contributed by atoms with E-state index in [0.29, 0.717) is 19.3 Å². The van der Waals surface area contributed by atoms with Crippen molar-refractivity contribution in [3.05, 3.63) is 24.3 Å². The van der Waals surface area contributed by atoms with Gasteiger partial charge in [-0.2, -0.15) is 0 Å². The van der Waals surface area contributed by atoms with Crippen LogP contribution in [0.5, 0.6) is 0 Å². The van der Waals surface area contributed by atoms with Crippen LogP contribution in [0.4, 0.5) is 0 Å². The monoisotopic (exact) mass is 394 g/mol. The number of Topliss-reactive ketones (excluding diaryl/α,β-unsaturated/α-hetero) is 1. The molecule has 5 heteroatoms. The zero-order chi connectivity index (χ0) is 20.8. The first-order valence-corrected chi connectivity index (χ1v) is 10.7. The van der Waals surface area contributed by atoms with Crippen molar-refractivity contribution in [1.82, 2.24) is 0 Å². The van der Waals surface area contributed by atoms with Crippen molar-refractivity contribution in [1.29, 1.82) is 0 Å². The summed E-state index contributed by atoms with van der Waals surface area (Å²) in [4.78, 5) is 23.0. The topological polar surface area (TPSA) is 72.8 Å². The maximum absolute atomic E-state index is 12.5. The minimum absolute atomic E-state index is 0.0643. The lowest BCUT2D eigenvalue weighted by Gasteiger charge is -2.20. The summed E-state index contributed by atoms with van der Waals surface area (Å²) in [6.07, 6.45) is 16.7. The number of aliphatic carboxylic acids is 1. The van der Waals surface area contributed by atoms with Crippen molar-refractivity contribution in [2.24, 2.45) is 11.8 Å². The van der Waals surface area contributed by atoms with Gasteiger partial charge in [0.2, 0.25) is 0 Å². The number of unbranched alkanes of at least 4 members (excludes halogenated alkanes) is 4. The molecule has 0 aliphatic heterocycles. The van der Waals surface area contributed by atoms with E-state index in [1.165, 1.54) is 19.3 Å².